The molecule has 3 rings (SSSR count). The number of hydrogen-bond acceptors (Lipinski definition) is 5. The summed E-state index contributed by atoms with van der Waals surface area (Å²) in [6.07, 6.45) is 0.316. The molecule has 7 heteroatoms. The van der Waals surface area contributed by atoms with Crippen LogP contribution in [0, 0.1) is 27.7 Å². The molecule has 0 bridgehead atoms. The molecule has 0 aromatic carbocycles. The van der Waals surface area contributed by atoms with Crippen molar-refractivity contribution in [2.24, 2.45) is 7.05 Å². The Morgan fingerprint density at radius 2 is 2.04 bits per heavy atom. The van der Waals surface area contributed by atoms with Gasteiger partial charge in [-0.1, -0.05) is 0 Å². The summed E-state index contributed by atoms with van der Waals surface area (Å²) in [7, 11) is 1.89. The number of nitrogens with zero attached hydrogens (tertiary/aromatic N) is 3. The highest BCUT2D eigenvalue weighted by Crippen LogP contribution is 2.32. The third-order valence-corrected chi connectivity index (χ3v) is 5.79. The minimum absolute atomic E-state index is 0.0617. The van der Waals surface area contributed by atoms with Crippen LogP contribution in [-0.2, 0) is 18.3 Å². The van der Waals surface area contributed by atoms with E-state index in [1.54, 1.807) is 16.0 Å². The van der Waals surface area contributed by atoms with Crippen LogP contribution in [-0.4, -0.2) is 20.7 Å². The molecule has 0 saturated heterocycles. The van der Waals surface area contributed by atoms with Crippen LogP contribution < -0.4 is 5.32 Å². The highest BCUT2D eigenvalue weighted by molar-refractivity contribution is 7.14. The number of thiazole rings is 1. The SMILES string of the molecule is Cc1cc(-c2csc(NC(=O)Cc3c(C)nn(C)c3C)n2)c(C)s1. The summed E-state index contributed by atoms with van der Waals surface area (Å²) in [4.78, 5) is 19.4. The van der Waals surface area contributed by atoms with Gasteiger partial charge in [-0.3, -0.25) is 9.48 Å². The zero-order valence-corrected chi connectivity index (χ0v) is 16.1. The smallest absolute Gasteiger partial charge is 0.230 e. The van der Waals surface area contributed by atoms with Crippen LogP contribution in [0.1, 0.15) is 26.7 Å². The second kappa shape index (κ2) is 6.49. The molecule has 3 aromatic heterocycles. The first kappa shape index (κ1) is 16.9. The molecule has 0 radical (unpaired) electrons. The first-order valence-corrected chi connectivity index (χ1v) is 9.36. The van der Waals surface area contributed by atoms with Gasteiger partial charge in [-0.2, -0.15) is 5.10 Å². The van der Waals surface area contributed by atoms with Crippen molar-refractivity contribution in [3.8, 4) is 11.3 Å². The lowest BCUT2D eigenvalue weighted by Crippen LogP contribution is -2.15. The summed E-state index contributed by atoms with van der Waals surface area (Å²) in [5.74, 6) is -0.0617. The quantitative estimate of drug-likeness (QED) is 0.764. The van der Waals surface area contributed by atoms with Crippen LogP contribution in [0.2, 0.25) is 0 Å². The van der Waals surface area contributed by atoms with E-state index in [0.29, 0.717) is 11.6 Å². The van der Waals surface area contributed by atoms with Crippen molar-refractivity contribution in [3.63, 3.8) is 0 Å². The summed E-state index contributed by atoms with van der Waals surface area (Å²) in [6, 6.07) is 2.14. The number of anilines is 1. The first-order valence-electron chi connectivity index (χ1n) is 7.67. The highest BCUT2D eigenvalue weighted by Gasteiger charge is 2.15. The van der Waals surface area contributed by atoms with E-state index in [4.69, 9.17) is 0 Å². The minimum Gasteiger partial charge on any atom is -0.302 e. The van der Waals surface area contributed by atoms with Crippen molar-refractivity contribution in [2.75, 3.05) is 5.32 Å². The van der Waals surface area contributed by atoms with Gasteiger partial charge in [-0.05, 0) is 33.8 Å². The number of carbonyl (C=O) groups is 1. The molecule has 3 heterocycles. The maximum absolute atomic E-state index is 12.3. The number of aromatic nitrogens is 3. The van der Waals surface area contributed by atoms with Gasteiger partial charge in [-0.25, -0.2) is 4.98 Å². The summed E-state index contributed by atoms with van der Waals surface area (Å²) >= 11 is 3.22. The van der Waals surface area contributed by atoms with E-state index in [1.165, 1.54) is 21.1 Å². The van der Waals surface area contributed by atoms with E-state index in [1.807, 2.05) is 26.3 Å². The van der Waals surface area contributed by atoms with Gasteiger partial charge in [0.05, 0.1) is 17.8 Å². The molecule has 1 amide bonds. The molecule has 0 aliphatic heterocycles. The van der Waals surface area contributed by atoms with Gasteiger partial charge in [0.2, 0.25) is 5.91 Å². The largest absolute Gasteiger partial charge is 0.302 e. The van der Waals surface area contributed by atoms with Crippen LogP contribution in [0.4, 0.5) is 5.13 Å². The Hall–Kier alpha value is -1.99. The van der Waals surface area contributed by atoms with E-state index in [0.717, 1.165) is 28.2 Å². The fraction of sp³-hybridized carbons (Fsp3) is 0.353. The Balaban J connectivity index is 1.73. The molecule has 3 aromatic rings. The van der Waals surface area contributed by atoms with Crippen molar-refractivity contribution in [1.29, 1.82) is 0 Å². The summed E-state index contributed by atoms with van der Waals surface area (Å²) < 4.78 is 1.81. The zero-order chi connectivity index (χ0) is 17.4. The number of nitrogens with one attached hydrogen (secondary N) is 1. The van der Waals surface area contributed by atoms with Crippen LogP contribution in [0.5, 0.6) is 0 Å². The summed E-state index contributed by atoms with van der Waals surface area (Å²) in [5.41, 5.74) is 4.97. The van der Waals surface area contributed by atoms with Gasteiger partial charge >= 0.3 is 0 Å². The fourth-order valence-corrected chi connectivity index (χ4v) is 4.40. The number of amides is 1. The molecular weight excluding hydrogens is 340 g/mol. The highest BCUT2D eigenvalue weighted by atomic mass is 32.1. The Labute approximate surface area is 149 Å². The zero-order valence-electron chi connectivity index (χ0n) is 14.4. The van der Waals surface area contributed by atoms with E-state index >= 15 is 0 Å². The predicted octanol–water partition coefficient (Wildman–Crippen LogP) is 4.02. The lowest BCUT2D eigenvalue weighted by atomic mass is 10.1. The Bertz CT molecular complexity index is 904. The van der Waals surface area contributed by atoms with Crippen molar-refractivity contribution in [1.82, 2.24) is 14.8 Å². The minimum atomic E-state index is -0.0617. The molecule has 0 atom stereocenters. The van der Waals surface area contributed by atoms with Gasteiger partial charge in [0, 0.05) is 39.0 Å². The predicted molar refractivity (Wildman–Crippen MR) is 99.9 cm³/mol. The molecule has 0 saturated carbocycles. The van der Waals surface area contributed by atoms with E-state index in [9.17, 15) is 4.79 Å². The van der Waals surface area contributed by atoms with Gasteiger partial charge in [0.1, 0.15) is 0 Å². The van der Waals surface area contributed by atoms with Gasteiger partial charge in [-0.15, -0.1) is 22.7 Å². The van der Waals surface area contributed by atoms with Crippen molar-refractivity contribution in [2.45, 2.75) is 34.1 Å². The van der Waals surface area contributed by atoms with E-state index < -0.39 is 0 Å². The fourth-order valence-electron chi connectivity index (χ4n) is 2.74. The molecule has 0 aliphatic carbocycles. The third-order valence-electron chi connectivity index (χ3n) is 4.06. The Morgan fingerprint density at radius 3 is 2.62 bits per heavy atom. The first-order chi connectivity index (χ1) is 11.3. The van der Waals surface area contributed by atoms with Gasteiger partial charge in [0.15, 0.2) is 5.13 Å². The molecule has 5 nitrogen and oxygen atoms in total. The maximum Gasteiger partial charge on any atom is 0.230 e. The summed E-state index contributed by atoms with van der Waals surface area (Å²) in [5, 5.41) is 9.88. The Kier molecular flexibility index (Phi) is 4.56. The molecule has 24 heavy (non-hydrogen) atoms. The summed E-state index contributed by atoms with van der Waals surface area (Å²) in [6.45, 7) is 8.10. The molecule has 0 fully saturated rings. The Morgan fingerprint density at radius 1 is 1.29 bits per heavy atom. The number of aryl methyl sites for hydroxylation is 4. The molecule has 0 unspecified atom stereocenters. The lowest BCUT2D eigenvalue weighted by molar-refractivity contribution is -0.115. The average Bonchev–Trinajstić information content (AvgIpc) is 3.15. The van der Waals surface area contributed by atoms with Crippen molar-refractivity contribution < 1.29 is 4.79 Å². The second-order valence-electron chi connectivity index (χ2n) is 5.86. The maximum atomic E-state index is 12.3. The molecule has 1 N–H and O–H groups in total. The number of rotatable bonds is 4. The van der Waals surface area contributed by atoms with E-state index in [-0.39, 0.29) is 5.91 Å². The van der Waals surface area contributed by atoms with Crippen LogP contribution in [0.15, 0.2) is 11.4 Å². The standard InChI is InChI=1S/C17H20N4OS2/c1-9-6-14(12(4)24-9)15-8-23-17(18-15)19-16(22)7-13-10(2)20-21(5)11(13)3/h6,8H,7H2,1-5H3,(H,18,19,22). The van der Waals surface area contributed by atoms with Crippen LogP contribution >= 0.6 is 22.7 Å². The van der Waals surface area contributed by atoms with Crippen LogP contribution in [0.3, 0.4) is 0 Å². The second-order valence-corrected chi connectivity index (χ2v) is 8.18. The molecule has 0 spiro atoms. The normalized spacial score (nSPS) is 11.0. The number of thiophene rings is 1. The van der Waals surface area contributed by atoms with Crippen LogP contribution in [0.25, 0.3) is 11.3 Å². The van der Waals surface area contributed by atoms with Crippen molar-refractivity contribution in [3.05, 3.63) is 38.2 Å². The molecular formula is C17H20N4OS2. The monoisotopic (exact) mass is 360 g/mol. The van der Waals surface area contributed by atoms with Gasteiger partial charge < -0.3 is 5.32 Å². The molecule has 0 aliphatic rings. The third kappa shape index (κ3) is 3.27. The number of carbonyl (C=O) groups excluding carboxylic acids is 1. The molecule has 126 valence electrons. The van der Waals surface area contributed by atoms with Crippen molar-refractivity contribution >= 4 is 33.7 Å². The lowest BCUT2D eigenvalue weighted by Gasteiger charge is -2.03. The number of hydrogen-bond donors (Lipinski definition) is 1. The topological polar surface area (TPSA) is 59.8 Å². The van der Waals surface area contributed by atoms with E-state index in [2.05, 4.69) is 35.3 Å². The average molecular weight is 361 g/mol. The van der Waals surface area contributed by atoms with Gasteiger partial charge in [0.25, 0.3) is 0 Å².